The van der Waals surface area contributed by atoms with Gasteiger partial charge >= 0.3 is 0 Å². The second kappa shape index (κ2) is 20.5. The summed E-state index contributed by atoms with van der Waals surface area (Å²) in [7, 11) is 1.57. The Hall–Kier alpha value is -2.75. The number of aliphatic imine (C=N–C) groups is 1. The topological polar surface area (TPSA) is 182 Å². The molecule has 0 aromatic heterocycles. The highest BCUT2D eigenvalue weighted by atomic mass is 32.2. The molecule has 3 aliphatic rings. The molecule has 14 heteroatoms. The molecule has 6 N–H and O–H groups in total. The third kappa shape index (κ3) is 12.6. The zero-order valence-corrected chi connectivity index (χ0v) is 36.7. The van der Waals surface area contributed by atoms with Crippen LogP contribution in [-0.4, -0.2) is 117 Å². The number of hydrogen-bond donors (Lipinski definition) is 6. The van der Waals surface area contributed by atoms with Crippen molar-refractivity contribution in [1.29, 1.82) is 0 Å². The zero-order valence-electron chi connectivity index (χ0n) is 35.9. The van der Waals surface area contributed by atoms with E-state index in [1.165, 1.54) is 0 Å². The van der Waals surface area contributed by atoms with Gasteiger partial charge < -0.3 is 40.7 Å². The van der Waals surface area contributed by atoms with E-state index >= 15 is 0 Å². The Labute approximate surface area is 344 Å². The molecule has 11 unspecified atom stereocenters. The zero-order chi connectivity index (χ0) is 42.2. The van der Waals surface area contributed by atoms with Gasteiger partial charge in [0.2, 0.25) is 17.7 Å². The molecule has 1 aromatic rings. The van der Waals surface area contributed by atoms with E-state index in [9.17, 15) is 29.7 Å². The maximum atomic E-state index is 13.9. The van der Waals surface area contributed by atoms with Crippen LogP contribution >= 0.6 is 11.8 Å². The summed E-state index contributed by atoms with van der Waals surface area (Å²) < 4.78 is 11.8. The smallest absolute Gasteiger partial charge is 0.243 e. The average Bonchev–Trinajstić information content (AvgIpc) is 3.86. The lowest BCUT2D eigenvalue weighted by Crippen LogP contribution is -2.61. The maximum Gasteiger partial charge on any atom is 0.243 e. The molecular weight excluding hydrogens is 747 g/mol. The molecule has 57 heavy (non-hydrogen) atoms. The molecule has 1 fully saturated rings. The van der Waals surface area contributed by atoms with Crippen LogP contribution in [0.15, 0.2) is 29.3 Å². The first-order valence-corrected chi connectivity index (χ1v) is 21.9. The van der Waals surface area contributed by atoms with Crippen molar-refractivity contribution in [3.63, 3.8) is 0 Å². The van der Waals surface area contributed by atoms with Crippen LogP contribution < -0.4 is 20.7 Å². The normalized spacial score (nSPS) is 33.8. The Morgan fingerprint density at radius 1 is 1.02 bits per heavy atom. The lowest BCUT2D eigenvalue weighted by atomic mass is 9.78. The molecule has 3 heterocycles. The summed E-state index contributed by atoms with van der Waals surface area (Å²) in [6.45, 7) is 18.4. The van der Waals surface area contributed by atoms with Crippen LogP contribution in [-0.2, 0) is 25.5 Å². The molecule has 2 bridgehead atoms. The lowest BCUT2D eigenvalue weighted by Gasteiger charge is -2.41. The van der Waals surface area contributed by atoms with Crippen molar-refractivity contribution in [3.05, 3.63) is 29.8 Å². The van der Waals surface area contributed by atoms with Crippen molar-refractivity contribution < 1.29 is 39.2 Å². The number of carbonyl (C=O) groups is 3. The third-order valence-electron chi connectivity index (χ3n) is 12.2. The van der Waals surface area contributed by atoms with E-state index < -0.39 is 60.0 Å². The van der Waals surface area contributed by atoms with E-state index in [0.29, 0.717) is 50.2 Å². The molecule has 13 nitrogen and oxygen atoms in total. The molecule has 3 amide bonds. The Bertz CT molecular complexity index is 1520. The van der Waals surface area contributed by atoms with Gasteiger partial charge in [0.25, 0.3) is 0 Å². The quantitative estimate of drug-likeness (QED) is 0.249. The molecule has 1 saturated heterocycles. The number of thioether (sulfide) groups is 1. The summed E-state index contributed by atoms with van der Waals surface area (Å²) >= 11 is 1.61. The second-order valence-corrected chi connectivity index (χ2v) is 19.3. The largest absolute Gasteiger partial charge is 0.497 e. The van der Waals surface area contributed by atoms with E-state index in [2.05, 4.69) is 43.6 Å². The lowest BCUT2D eigenvalue weighted by molar-refractivity contribution is -0.208. The number of nitrogens with one attached hydrogen (secondary N) is 3. The van der Waals surface area contributed by atoms with Crippen LogP contribution in [0.3, 0.4) is 0 Å². The molecule has 3 aliphatic heterocycles. The van der Waals surface area contributed by atoms with Crippen molar-refractivity contribution in [3.8, 4) is 5.75 Å². The number of carbonyl (C=O) groups excluding carboxylic acids is 3. The number of benzene rings is 1. The van der Waals surface area contributed by atoms with Crippen LogP contribution in [0.25, 0.3) is 0 Å². The first kappa shape index (κ1) is 46.9. The number of hydrogen-bond acceptors (Lipinski definition) is 11. The fourth-order valence-corrected chi connectivity index (χ4v) is 9.25. The predicted molar refractivity (Wildman–Crippen MR) is 225 cm³/mol. The van der Waals surface area contributed by atoms with Gasteiger partial charge in [0.15, 0.2) is 6.29 Å². The van der Waals surface area contributed by atoms with Gasteiger partial charge in [-0.15, -0.1) is 11.8 Å². The van der Waals surface area contributed by atoms with Crippen molar-refractivity contribution >= 4 is 34.5 Å². The Balaban J connectivity index is 1.65. The first-order valence-electron chi connectivity index (χ1n) is 20.9. The number of rotatable bonds is 5. The van der Waals surface area contributed by atoms with Crippen molar-refractivity contribution in [2.45, 2.75) is 169 Å². The number of aliphatic hydroxyl groups excluding tert-OH is 3. The van der Waals surface area contributed by atoms with Crippen molar-refractivity contribution in [2.75, 3.05) is 19.4 Å². The minimum absolute atomic E-state index is 0.0520. The Kier molecular flexibility index (Phi) is 16.9. The first-order chi connectivity index (χ1) is 26.7. The molecule has 0 radical (unpaired) electrons. The van der Waals surface area contributed by atoms with E-state index in [0.717, 1.165) is 17.0 Å². The van der Waals surface area contributed by atoms with Crippen LogP contribution in [0.5, 0.6) is 5.75 Å². The summed E-state index contributed by atoms with van der Waals surface area (Å²) in [6, 6.07) is 3.96. The maximum absolute atomic E-state index is 13.9. The highest BCUT2D eigenvalue weighted by Crippen LogP contribution is 2.39. The van der Waals surface area contributed by atoms with Crippen LogP contribution in [0.1, 0.15) is 113 Å². The van der Waals surface area contributed by atoms with Crippen molar-refractivity contribution in [1.82, 2.24) is 20.9 Å². The van der Waals surface area contributed by atoms with Gasteiger partial charge in [-0.25, -0.2) is 0 Å². The minimum Gasteiger partial charge on any atom is -0.497 e. The SMILES string of the molecule is CCC(C)C1NC(=O)C(C)NC(=O)C(Cc2ccc(OC)cc2)NC(=O)CCC2CSC(=N2)C(C)(C)C(O)CC(C)CC(C(C)(C)C)OC(O)C2CCCN2C1O. The number of fused-ring (bicyclic) bond motifs is 2. The summed E-state index contributed by atoms with van der Waals surface area (Å²) in [4.78, 5) is 47.9. The Morgan fingerprint density at radius 3 is 2.33 bits per heavy atom. The second-order valence-electron chi connectivity index (χ2n) is 18.3. The van der Waals surface area contributed by atoms with Crippen molar-refractivity contribution in [2.24, 2.45) is 27.7 Å². The molecule has 1 aromatic carbocycles. The molecule has 0 saturated carbocycles. The van der Waals surface area contributed by atoms with Gasteiger partial charge in [0.1, 0.15) is 24.1 Å². The summed E-state index contributed by atoms with van der Waals surface area (Å²) in [5, 5.41) is 44.8. The van der Waals surface area contributed by atoms with Gasteiger partial charge in [0.05, 0.1) is 42.5 Å². The summed E-state index contributed by atoms with van der Waals surface area (Å²) in [6.07, 6.45) is 0.571. The highest BCUT2D eigenvalue weighted by molar-refractivity contribution is 8.14. The highest BCUT2D eigenvalue weighted by Gasteiger charge is 2.43. The molecule has 0 spiro atoms. The number of aliphatic hydroxyl groups is 3. The number of ether oxygens (including phenoxy) is 2. The number of amides is 3. The van der Waals surface area contributed by atoms with Gasteiger partial charge in [-0.3, -0.25) is 24.3 Å². The van der Waals surface area contributed by atoms with E-state index in [1.807, 2.05) is 44.7 Å². The molecule has 11 atom stereocenters. The fraction of sp³-hybridized carbons (Fsp3) is 0.767. The fourth-order valence-electron chi connectivity index (χ4n) is 7.93. The van der Waals surface area contributed by atoms with Gasteiger partial charge in [-0.2, -0.15) is 0 Å². The van der Waals surface area contributed by atoms with E-state index in [4.69, 9.17) is 14.5 Å². The van der Waals surface area contributed by atoms with Crippen LogP contribution in [0, 0.1) is 22.7 Å². The van der Waals surface area contributed by atoms with Crippen LogP contribution in [0.2, 0.25) is 0 Å². The molecule has 0 aliphatic carbocycles. The van der Waals surface area contributed by atoms with E-state index in [1.54, 1.807) is 37.9 Å². The molecule has 4 rings (SSSR count). The van der Waals surface area contributed by atoms with Gasteiger partial charge in [-0.05, 0) is 74.0 Å². The average molecular weight is 818 g/mol. The van der Waals surface area contributed by atoms with E-state index in [-0.39, 0.29) is 48.1 Å². The third-order valence-corrected chi connectivity index (χ3v) is 13.7. The monoisotopic (exact) mass is 818 g/mol. The van der Waals surface area contributed by atoms with Crippen LogP contribution in [0.4, 0.5) is 0 Å². The molecule has 322 valence electrons. The van der Waals surface area contributed by atoms with Gasteiger partial charge in [-0.1, -0.05) is 73.9 Å². The predicted octanol–water partition coefficient (Wildman–Crippen LogP) is 4.40. The number of nitrogens with zero attached hydrogens (tertiary/aromatic N) is 2. The summed E-state index contributed by atoms with van der Waals surface area (Å²) in [5.74, 6) is -0.0206. The Morgan fingerprint density at radius 2 is 1.70 bits per heavy atom. The minimum atomic E-state index is -1.19. The molecular formula is C43H71N5O8S. The standard InChI is InChI=1S/C43H71N5O8S/c1-11-26(3)36-39(53)48-20-12-13-32(48)40(54)56-34(42(5,6)7)22-25(2)21-33(49)43(8,9)41-45-29(24-57-41)16-19-35(50)46-31(38(52)44-27(4)37(51)47-36)23-28-14-17-30(55-10)18-15-28/h14-15,17-18,25-27,29,31-34,36,39-40,49,53-54H,11-13,16,19-24H2,1-10H3,(H,44,52)(H,46,50)(H,47,51). The van der Waals surface area contributed by atoms with Gasteiger partial charge in [0, 0.05) is 30.6 Å². The number of methoxy groups -OCH3 is 1. The summed E-state index contributed by atoms with van der Waals surface area (Å²) in [5.41, 5.74) is -0.141.